The summed E-state index contributed by atoms with van der Waals surface area (Å²) in [5.74, 6) is 0.541. The molecule has 2 atom stereocenters. The van der Waals surface area contributed by atoms with Crippen LogP contribution in [0.5, 0.6) is 0 Å². The Morgan fingerprint density at radius 3 is 2.42 bits per heavy atom. The van der Waals surface area contributed by atoms with Crippen LogP contribution in [0.25, 0.3) is 0 Å². The molecular formula is C14H21NO3S. The Morgan fingerprint density at radius 1 is 1.26 bits per heavy atom. The molecule has 0 saturated heterocycles. The van der Waals surface area contributed by atoms with Crippen molar-refractivity contribution in [3.8, 4) is 0 Å². The highest BCUT2D eigenvalue weighted by Crippen LogP contribution is 2.62. The van der Waals surface area contributed by atoms with E-state index in [-0.39, 0.29) is 22.6 Å². The summed E-state index contributed by atoms with van der Waals surface area (Å²) in [5, 5.41) is 12.4. The highest BCUT2D eigenvalue weighted by Gasteiger charge is 2.58. The van der Waals surface area contributed by atoms with Crippen LogP contribution in [-0.4, -0.2) is 28.1 Å². The number of thioether (sulfide) groups is 1. The second kappa shape index (κ2) is 4.40. The molecule has 4 bridgehead atoms. The zero-order valence-corrected chi connectivity index (χ0v) is 12.1. The number of carbonyl (C=O) groups excluding carboxylic acids is 1. The molecule has 4 rings (SSSR count). The third-order valence-corrected chi connectivity index (χ3v) is 5.73. The molecule has 4 aliphatic rings. The van der Waals surface area contributed by atoms with Gasteiger partial charge in [0.05, 0.1) is 6.42 Å². The van der Waals surface area contributed by atoms with E-state index in [0.29, 0.717) is 11.8 Å². The molecule has 1 amide bonds. The van der Waals surface area contributed by atoms with Crippen LogP contribution in [0.1, 0.15) is 44.9 Å². The van der Waals surface area contributed by atoms with E-state index >= 15 is 0 Å². The minimum Gasteiger partial charge on any atom is -0.481 e. The zero-order valence-electron chi connectivity index (χ0n) is 11.3. The number of carboxylic acid groups (broad SMARTS) is 1. The Kier molecular flexibility index (Phi) is 3.08. The number of rotatable bonds is 3. The van der Waals surface area contributed by atoms with Crippen LogP contribution in [-0.2, 0) is 4.79 Å². The molecule has 0 aromatic carbocycles. The van der Waals surface area contributed by atoms with Gasteiger partial charge in [-0.3, -0.25) is 9.59 Å². The van der Waals surface area contributed by atoms with Crippen LogP contribution in [0, 0.1) is 17.3 Å². The largest absolute Gasteiger partial charge is 0.481 e. The molecule has 4 fully saturated rings. The second-order valence-corrected chi connectivity index (χ2v) is 7.71. The van der Waals surface area contributed by atoms with Gasteiger partial charge in [-0.2, -0.15) is 0 Å². The summed E-state index contributed by atoms with van der Waals surface area (Å²) < 4.78 is 0. The maximum atomic E-state index is 11.8. The first-order chi connectivity index (χ1) is 8.94. The summed E-state index contributed by atoms with van der Waals surface area (Å²) in [6, 6.07) is 0. The van der Waals surface area contributed by atoms with Gasteiger partial charge in [-0.05, 0) is 62.0 Å². The molecule has 0 aromatic rings. The summed E-state index contributed by atoms with van der Waals surface area (Å²) in [6.45, 7) is 0. The number of nitrogens with one attached hydrogen (secondary N) is 1. The molecule has 0 spiro atoms. The predicted molar refractivity (Wildman–Crippen MR) is 74.1 cm³/mol. The summed E-state index contributed by atoms with van der Waals surface area (Å²) in [6.07, 6.45) is 8.37. The number of amides is 1. The summed E-state index contributed by atoms with van der Waals surface area (Å²) in [4.78, 5) is 22.9. The molecule has 4 aliphatic carbocycles. The van der Waals surface area contributed by atoms with E-state index < -0.39 is 5.97 Å². The summed E-state index contributed by atoms with van der Waals surface area (Å²) >= 11 is 1.22. The fourth-order valence-electron chi connectivity index (χ4n) is 5.39. The standard InChI is InChI=1S/C14H21NO3S/c1-19-12(18)15-14-5-9-2-10(6-14)4-13(3-9,8-14)7-11(16)17/h9-10H,2-8H2,1H3,(H,15,18)(H,16,17). The number of hydrogen-bond donors (Lipinski definition) is 2. The molecule has 2 N–H and O–H groups in total. The maximum Gasteiger partial charge on any atom is 0.303 e. The van der Waals surface area contributed by atoms with Gasteiger partial charge in [-0.25, -0.2) is 0 Å². The fraction of sp³-hybridized carbons (Fsp3) is 0.857. The highest BCUT2D eigenvalue weighted by atomic mass is 32.2. The fourth-order valence-corrected chi connectivity index (χ4v) is 5.71. The van der Waals surface area contributed by atoms with Crippen molar-refractivity contribution in [3.63, 3.8) is 0 Å². The van der Waals surface area contributed by atoms with Crippen molar-refractivity contribution < 1.29 is 14.7 Å². The number of aliphatic carboxylic acids is 1. The van der Waals surface area contributed by atoms with E-state index in [1.165, 1.54) is 18.2 Å². The van der Waals surface area contributed by atoms with Crippen LogP contribution < -0.4 is 5.32 Å². The van der Waals surface area contributed by atoms with Crippen molar-refractivity contribution in [2.45, 2.75) is 50.5 Å². The smallest absolute Gasteiger partial charge is 0.303 e. The van der Waals surface area contributed by atoms with Gasteiger partial charge in [0.25, 0.3) is 5.24 Å². The Morgan fingerprint density at radius 2 is 1.89 bits per heavy atom. The Labute approximate surface area is 117 Å². The topological polar surface area (TPSA) is 66.4 Å². The average Bonchev–Trinajstić information content (AvgIpc) is 2.24. The van der Waals surface area contributed by atoms with Gasteiger partial charge in [-0.15, -0.1) is 0 Å². The summed E-state index contributed by atoms with van der Waals surface area (Å²) in [7, 11) is 0. The zero-order chi connectivity index (χ0) is 13.7. The molecular weight excluding hydrogens is 262 g/mol. The van der Waals surface area contributed by atoms with E-state index in [1.807, 2.05) is 0 Å². The third kappa shape index (κ3) is 2.37. The highest BCUT2D eigenvalue weighted by molar-refractivity contribution is 8.12. The van der Waals surface area contributed by atoms with Gasteiger partial charge in [0.2, 0.25) is 0 Å². The van der Waals surface area contributed by atoms with Crippen molar-refractivity contribution in [3.05, 3.63) is 0 Å². The van der Waals surface area contributed by atoms with E-state index in [2.05, 4.69) is 5.32 Å². The normalized spacial score (nSPS) is 43.2. The lowest BCUT2D eigenvalue weighted by atomic mass is 9.46. The molecule has 106 valence electrons. The molecule has 19 heavy (non-hydrogen) atoms. The number of carbonyl (C=O) groups is 2. The number of carboxylic acids is 1. The van der Waals surface area contributed by atoms with Crippen molar-refractivity contribution in [2.75, 3.05) is 6.26 Å². The molecule has 0 heterocycles. The quantitative estimate of drug-likeness (QED) is 0.836. The van der Waals surface area contributed by atoms with Crippen LogP contribution in [0.15, 0.2) is 0 Å². The van der Waals surface area contributed by atoms with Crippen LogP contribution in [0.2, 0.25) is 0 Å². The molecule has 0 radical (unpaired) electrons. The first kappa shape index (κ1) is 13.3. The van der Waals surface area contributed by atoms with E-state index in [4.69, 9.17) is 0 Å². The second-order valence-electron chi connectivity index (χ2n) is 6.93. The van der Waals surface area contributed by atoms with E-state index in [9.17, 15) is 14.7 Å². The molecule has 0 aromatic heterocycles. The van der Waals surface area contributed by atoms with Gasteiger partial charge in [0.15, 0.2) is 0 Å². The molecule has 4 saturated carbocycles. The van der Waals surface area contributed by atoms with Crippen LogP contribution >= 0.6 is 11.8 Å². The van der Waals surface area contributed by atoms with Gasteiger partial charge in [-0.1, -0.05) is 11.8 Å². The molecule has 5 heteroatoms. The minimum absolute atomic E-state index is 0.0347. The predicted octanol–water partition coefficient (Wildman–Crippen LogP) is 2.87. The van der Waals surface area contributed by atoms with E-state index in [0.717, 1.165) is 32.1 Å². The van der Waals surface area contributed by atoms with Gasteiger partial charge in [0.1, 0.15) is 0 Å². The van der Waals surface area contributed by atoms with Gasteiger partial charge < -0.3 is 10.4 Å². The number of hydrogen-bond acceptors (Lipinski definition) is 3. The van der Waals surface area contributed by atoms with Crippen molar-refractivity contribution in [1.82, 2.24) is 5.32 Å². The molecule has 4 nitrogen and oxygen atoms in total. The Balaban J connectivity index is 1.84. The van der Waals surface area contributed by atoms with Crippen molar-refractivity contribution in [1.29, 1.82) is 0 Å². The van der Waals surface area contributed by atoms with Crippen molar-refractivity contribution in [2.24, 2.45) is 17.3 Å². The molecule has 0 aliphatic heterocycles. The van der Waals surface area contributed by atoms with Crippen LogP contribution in [0.3, 0.4) is 0 Å². The van der Waals surface area contributed by atoms with Crippen LogP contribution in [0.4, 0.5) is 4.79 Å². The van der Waals surface area contributed by atoms with Crippen molar-refractivity contribution >= 4 is 23.0 Å². The SMILES string of the molecule is CSC(=O)NC12CC3CC(CC(CC(=O)O)(C3)C1)C2. The first-order valence-electron chi connectivity index (χ1n) is 7.02. The lowest BCUT2D eigenvalue weighted by Crippen LogP contribution is -2.62. The average molecular weight is 283 g/mol. The minimum atomic E-state index is -0.687. The Hall–Kier alpha value is -0.710. The lowest BCUT2D eigenvalue weighted by Gasteiger charge is -2.62. The van der Waals surface area contributed by atoms with Gasteiger partial charge >= 0.3 is 5.97 Å². The maximum absolute atomic E-state index is 11.8. The summed E-state index contributed by atoms with van der Waals surface area (Å²) in [5.41, 5.74) is -0.165. The third-order valence-electron chi connectivity index (χ3n) is 5.26. The molecule has 2 unspecified atom stereocenters. The first-order valence-corrected chi connectivity index (χ1v) is 8.25. The Bertz CT molecular complexity index is 409. The van der Waals surface area contributed by atoms with Gasteiger partial charge in [0, 0.05) is 5.54 Å². The lowest BCUT2D eigenvalue weighted by molar-refractivity contribution is -0.147. The monoisotopic (exact) mass is 283 g/mol. The van der Waals surface area contributed by atoms with E-state index in [1.54, 1.807) is 6.26 Å².